The summed E-state index contributed by atoms with van der Waals surface area (Å²) in [7, 11) is 2.80. The van der Waals surface area contributed by atoms with E-state index in [1.54, 1.807) is 4.90 Å². The molecule has 210 valence electrons. The van der Waals surface area contributed by atoms with Crippen molar-refractivity contribution in [3.63, 3.8) is 0 Å². The lowest BCUT2D eigenvalue weighted by atomic mass is 9.92. The van der Waals surface area contributed by atoms with Crippen molar-refractivity contribution in [1.29, 1.82) is 0 Å². The minimum absolute atomic E-state index is 0.0147. The van der Waals surface area contributed by atoms with Crippen molar-refractivity contribution in [3.05, 3.63) is 40.6 Å². The molecule has 1 aliphatic rings. The topological polar surface area (TPSA) is 83.0 Å². The largest absolute Gasteiger partial charge is 0.467 e. The van der Waals surface area contributed by atoms with Crippen LogP contribution in [0.15, 0.2) is 18.2 Å². The Kier molecular flexibility index (Phi) is 9.59. The number of alkyl halides is 3. The zero-order valence-electron chi connectivity index (χ0n) is 22.8. The maximum atomic E-state index is 13.6. The Bertz CT molecular complexity index is 1120. The molecule has 0 spiro atoms. The molecule has 0 bridgehead atoms. The average Bonchev–Trinajstić information content (AvgIpc) is 2.82. The SMILES string of the molecule is COCOc1cc(C(F)(F)F)cc(COC)c1-c1nnc(C[C@@H]2CCCN(C(=O)OC(C)(C)C)C2)cc1C. The molecule has 2 heterocycles. The van der Waals surface area contributed by atoms with Gasteiger partial charge < -0.3 is 23.8 Å². The number of nitrogens with zero attached hydrogens (tertiary/aromatic N) is 3. The van der Waals surface area contributed by atoms with E-state index >= 15 is 0 Å². The Balaban J connectivity index is 1.88. The Morgan fingerprint density at radius 3 is 2.45 bits per heavy atom. The van der Waals surface area contributed by atoms with E-state index in [2.05, 4.69) is 10.2 Å². The number of aryl methyl sites for hydroxylation is 1. The number of ether oxygens (including phenoxy) is 4. The van der Waals surface area contributed by atoms with Crippen LogP contribution < -0.4 is 4.74 Å². The summed E-state index contributed by atoms with van der Waals surface area (Å²) in [5.41, 5.74) is 1.11. The van der Waals surface area contributed by atoms with Gasteiger partial charge in [0.25, 0.3) is 0 Å². The fourth-order valence-electron chi connectivity index (χ4n) is 4.52. The highest BCUT2D eigenvalue weighted by Crippen LogP contribution is 2.40. The number of piperidine rings is 1. The standard InChI is InChI=1S/C27H36F3N3O5/c1-17-10-21(11-18-8-7-9-33(14-18)25(34)38-26(2,3)4)31-32-24(17)23-19(15-35-5)12-20(27(28,29)30)13-22(23)37-16-36-6/h10,12-13,18H,7-9,11,14-16H2,1-6H3/t18-/m0/s1. The van der Waals surface area contributed by atoms with E-state index in [0.29, 0.717) is 30.8 Å². The Morgan fingerprint density at radius 2 is 1.84 bits per heavy atom. The second kappa shape index (κ2) is 12.3. The molecule has 0 unspecified atom stereocenters. The van der Waals surface area contributed by atoms with Crippen LogP contribution in [0.25, 0.3) is 11.3 Å². The number of methoxy groups -OCH3 is 2. The van der Waals surface area contributed by atoms with Crippen molar-refractivity contribution < 1.29 is 36.9 Å². The summed E-state index contributed by atoms with van der Waals surface area (Å²) in [5, 5.41) is 8.81. The summed E-state index contributed by atoms with van der Waals surface area (Å²) in [6, 6.07) is 3.86. The van der Waals surface area contributed by atoms with Crippen molar-refractivity contribution >= 4 is 6.09 Å². The maximum absolute atomic E-state index is 13.6. The van der Waals surface area contributed by atoms with Crippen LogP contribution in [0, 0.1) is 12.8 Å². The number of rotatable bonds is 8. The highest BCUT2D eigenvalue weighted by Gasteiger charge is 2.33. The molecule has 1 amide bonds. The lowest BCUT2D eigenvalue weighted by Gasteiger charge is -2.34. The molecule has 38 heavy (non-hydrogen) atoms. The molecule has 1 atom stereocenters. The second-order valence-electron chi connectivity index (χ2n) is 10.5. The number of halogens is 3. The maximum Gasteiger partial charge on any atom is 0.416 e. The smallest absolute Gasteiger partial charge is 0.416 e. The molecule has 2 aromatic rings. The molecule has 3 rings (SSSR count). The lowest BCUT2D eigenvalue weighted by molar-refractivity contribution is -0.137. The van der Waals surface area contributed by atoms with E-state index in [1.807, 2.05) is 33.8 Å². The third kappa shape index (κ3) is 7.80. The molecular formula is C27H36F3N3O5. The molecule has 1 aliphatic heterocycles. The lowest BCUT2D eigenvalue weighted by Crippen LogP contribution is -2.43. The van der Waals surface area contributed by atoms with E-state index in [-0.39, 0.29) is 36.7 Å². The van der Waals surface area contributed by atoms with Crippen LogP contribution in [0.3, 0.4) is 0 Å². The Hall–Kier alpha value is -2.92. The number of likely N-dealkylation sites (tertiary alicyclic amines) is 1. The van der Waals surface area contributed by atoms with Gasteiger partial charge in [0.1, 0.15) is 11.4 Å². The van der Waals surface area contributed by atoms with Crippen molar-refractivity contribution in [2.75, 3.05) is 34.1 Å². The highest BCUT2D eigenvalue weighted by molar-refractivity contribution is 5.74. The minimum Gasteiger partial charge on any atom is -0.467 e. The second-order valence-corrected chi connectivity index (χ2v) is 10.5. The van der Waals surface area contributed by atoms with Gasteiger partial charge in [-0.2, -0.15) is 18.3 Å². The molecule has 0 saturated carbocycles. The van der Waals surface area contributed by atoms with Crippen molar-refractivity contribution in [1.82, 2.24) is 15.1 Å². The number of hydrogen-bond acceptors (Lipinski definition) is 7. The van der Waals surface area contributed by atoms with Gasteiger partial charge in [-0.15, -0.1) is 5.10 Å². The molecule has 1 aromatic heterocycles. The number of amides is 1. The van der Waals surface area contributed by atoms with Crippen LogP contribution in [0.2, 0.25) is 0 Å². The molecule has 1 saturated heterocycles. The molecular weight excluding hydrogens is 503 g/mol. The molecule has 11 heteroatoms. The van der Waals surface area contributed by atoms with Crippen LogP contribution >= 0.6 is 0 Å². The van der Waals surface area contributed by atoms with Gasteiger partial charge in [0.2, 0.25) is 0 Å². The van der Waals surface area contributed by atoms with E-state index in [9.17, 15) is 18.0 Å². The van der Waals surface area contributed by atoms with E-state index in [1.165, 1.54) is 14.2 Å². The molecule has 1 fully saturated rings. The van der Waals surface area contributed by atoms with E-state index in [4.69, 9.17) is 18.9 Å². The summed E-state index contributed by atoms with van der Waals surface area (Å²) in [4.78, 5) is 14.2. The molecule has 0 N–H and O–H groups in total. The molecule has 0 radical (unpaired) electrons. The summed E-state index contributed by atoms with van der Waals surface area (Å²) >= 11 is 0. The van der Waals surface area contributed by atoms with Crippen molar-refractivity contribution in [2.45, 2.75) is 65.3 Å². The normalized spacial score (nSPS) is 16.4. The van der Waals surface area contributed by atoms with E-state index < -0.39 is 17.3 Å². The number of carbonyl (C=O) groups excluding carboxylic acids is 1. The predicted molar refractivity (Wildman–Crippen MR) is 135 cm³/mol. The average molecular weight is 540 g/mol. The third-order valence-electron chi connectivity index (χ3n) is 6.08. The number of benzene rings is 1. The summed E-state index contributed by atoms with van der Waals surface area (Å²) in [5.74, 6) is 0.172. The monoisotopic (exact) mass is 539 g/mol. The van der Waals surface area contributed by atoms with E-state index in [0.717, 1.165) is 36.2 Å². The van der Waals surface area contributed by atoms with Gasteiger partial charge in [0.05, 0.1) is 29.1 Å². The van der Waals surface area contributed by atoms with Gasteiger partial charge in [-0.3, -0.25) is 0 Å². The van der Waals surface area contributed by atoms with Crippen LogP contribution in [-0.4, -0.2) is 60.9 Å². The quantitative estimate of drug-likeness (QED) is 0.393. The minimum atomic E-state index is -4.57. The number of aromatic nitrogens is 2. The summed E-state index contributed by atoms with van der Waals surface area (Å²) in [6.45, 7) is 8.25. The first-order valence-electron chi connectivity index (χ1n) is 12.5. The first kappa shape index (κ1) is 29.6. The number of hydrogen-bond donors (Lipinski definition) is 0. The van der Waals surface area contributed by atoms with Crippen molar-refractivity contribution in [2.24, 2.45) is 5.92 Å². The van der Waals surface area contributed by atoms with Gasteiger partial charge in [0, 0.05) is 27.3 Å². The van der Waals surface area contributed by atoms with Gasteiger partial charge in [0.15, 0.2) is 6.79 Å². The summed E-state index contributed by atoms with van der Waals surface area (Å²) in [6.07, 6.45) is -2.48. The van der Waals surface area contributed by atoms with Crippen LogP contribution in [-0.2, 0) is 33.4 Å². The molecule has 0 aliphatic carbocycles. The Morgan fingerprint density at radius 1 is 1.11 bits per heavy atom. The van der Waals surface area contributed by atoms with Crippen molar-refractivity contribution in [3.8, 4) is 17.0 Å². The fraction of sp³-hybridized carbons (Fsp3) is 0.593. The van der Waals surface area contributed by atoms with Gasteiger partial charge >= 0.3 is 12.3 Å². The van der Waals surface area contributed by atoms with Crippen LogP contribution in [0.4, 0.5) is 18.0 Å². The zero-order chi connectivity index (χ0) is 28.1. The van der Waals surface area contributed by atoms with Crippen LogP contribution in [0.5, 0.6) is 5.75 Å². The molecule has 1 aromatic carbocycles. The fourth-order valence-corrected chi connectivity index (χ4v) is 4.52. The third-order valence-corrected chi connectivity index (χ3v) is 6.08. The van der Waals surface area contributed by atoms with Crippen LogP contribution in [0.1, 0.15) is 56.0 Å². The zero-order valence-corrected chi connectivity index (χ0v) is 22.8. The van der Waals surface area contributed by atoms with Gasteiger partial charge in [-0.25, -0.2) is 4.79 Å². The summed E-state index contributed by atoms with van der Waals surface area (Å²) < 4.78 is 61.9. The Labute approximate surface area is 221 Å². The highest BCUT2D eigenvalue weighted by atomic mass is 19.4. The predicted octanol–water partition coefficient (Wildman–Crippen LogP) is 5.79. The first-order chi connectivity index (χ1) is 17.8. The first-order valence-corrected chi connectivity index (χ1v) is 12.5. The molecule has 8 nitrogen and oxygen atoms in total. The van der Waals surface area contributed by atoms with Gasteiger partial charge in [-0.05, 0) is 82.2 Å². The number of carbonyl (C=O) groups is 1. The van der Waals surface area contributed by atoms with Gasteiger partial charge in [-0.1, -0.05) is 0 Å².